The molecule has 0 fully saturated rings. The number of halogens is 2. The molecule has 0 aliphatic carbocycles. The van der Waals surface area contributed by atoms with Crippen LogP contribution in [0.1, 0.15) is 0 Å². The standard InChI is InChI=1S/C10H8BrFN4O/c11-8-5-7(12)1-2-9(8)14-10(17)6-16-4-3-13-15-16/h1-5H,6H2,(H,14,17). The Morgan fingerprint density at radius 2 is 2.35 bits per heavy atom. The predicted molar refractivity (Wildman–Crippen MR) is 62.8 cm³/mol. The third-order valence-corrected chi connectivity index (χ3v) is 2.64. The largest absolute Gasteiger partial charge is 0.323 e. The third kappa shape index (κ3) is 3.10. The number of benzene rings is 1. The van der Waals surface area contributed by atoms with Crippen molar-refractivity contribution in [3.8, 4) is 0 Å². The molecular weight excluding hydrogens is 291 g/mol. The van der Waals surface area contributed by atoms with Crippen molar-refractivity contribution in [2.75, 3.05) is 5.32 Å². The Bertz CT molecular complexity index is 529. The second-order valence-corrected chi connectivity index (χ2v) is 4.13. The Morgan fingerprint density at radius 1 is 1.53 bits per heavy atom. The molecule has 88 valence electrons. The number of hydrogen-bond acceptors (Lipinski definition) is 3. The van der Waals surface area contributed by atoms with E-state index in [1.807, 2.05) is 0 Å². The molecule has 0 spiro atoms. The van der Waals surface area contributed by atoms with Crippen LogP contribution in [0.2, 0.25) is 0 Å². The minimum absolute atomic E-state index is 0.0593. The highest BCUT2D eigenvalue weighted by Crippen LogP contribution is 2.22. The van der Waals surface area contributed by atoms with Crippen molar-refractivity contribution in [2.45, 2.75) is 6.54 Å². The summed E-state index contributed by atoms with van der Waals surface area (Å²) in [5.74, 6) is -0.631. The molecule has 1 aromatic carbocycles. The molecule has 0 saturated carbocycles. The van der Waals surface area contributed by atoms with E-state index in [2.05, 4.69) is 31.6 Å². The van der Waals surface area contributed by atoms with Crippen LogP contribution in [0.15, 0.2) is 35.1 Å². The van der Waals surface area contributed by atoms with E-state index in [1.54, 1.807) is 6.20 Å². The fourth-order valence-electron chi connectivity index (χ4n) is 1.24. The molecule has 0 atom stereocenters. The molecule has 0 unspecified atom stereocenters. The predicted octanol–water partition coefficient (Wildman–Crippen LogP) is 1.82. The monoisotopic (exact) mass is 298 g/mol. The maximum atomic E-state index is 12.8. The van der Waals surface area contributed by atoms with E-state index in [0.29, 0.717) is 10.2 Å². The van der Waals surface area contributed by atoms with Crippen LogP contribution in [0.5, 0.6) is 0 Å². The maximum absolute atomic E-state index is 12.8. The Balaban J connectivity index is 2.03. The van der Waals surface area contributed by atoms with Crippen LogP contribution in [0.4, 0.5) is 10.1 Å². The molecule has 7 heteroatoms. The van der Waals surface area contributed by atoms with E-state index < -0.39 is 0 Å². The summed E-state index contributed by atoms with van der Waals surface area (Å²) in [4.78, 5) is 11.6. The quantitative estimate of drug-likeness (QED) is 0.940. The van der Waals surface area contributed by atoms with E-state index in [0.717, 1.165) is 0 Å². The van der Waals surface area contributed by atoms with Gasteiger partial charge in [0.25, 0.3) is 0 Å². The van der Waals surface area contributed by atoms with Gasteiger partial charge in [0, 0.05) is 10.7 Å². The zero-order chi connectivity index (χ0) is 12.3. The van der Waals surface area contributed by atoms with Gasteiger partial charge in [-0.2, -0.15) is 0 Å². The highest BCUT2D eigenvalue weighted by Gasteiger charge is 2.07. The van der Waals surface area contributed by atoms with Crippen molar-refractivity contribution in [2.24, 2.45) is 0 Å². The van der Waals surface area contributed by atoms with Crippen LogP contribution in [0.3, 0.4) is 0 Å². The van der Waals surface area contributed by atoms with Crippen molar-refractivity contribution in [3.63, 3.8) is 0 Å². The fraction of sp³-hybridized carbons (Fsp3) is 0.100. The summed E-state index contributed by atoms with van der Waals surface area (Å²) in [5, 5.41) is 9.89. The van der Waals surface area contributed by atoms with Gasteiger partial charge < -0.3 is 5.32 Å². The van der Waals surface area contributed by atoms with E-state index in [4.69, 9.17) is 0 Å². The van der Waals surface area contributed by atoms with Gasteiger partial charge in [0.2, 0.25) is 5.91 Å². The van der Waals surface area contributed by atoms with Gasteiger partial charge in [-0.1, -0.05) is 5.21 Å². The Labute approximate surface area is 105 Å². The topological polar surface area (TPSA) is 59.8 Å². The van der Waals surface area contributed by atoms with Crippen LogP contribution in [-0.2, 0) is 11.3 Å². The van der Waals surface area contributed by atoms with Gasteiger partial charge in [0.15, 0.2) is 0 Å². The molecule has 17 heavy (non-hydrogen) atoms. The lowest BCUT2D eigenvalue weighted by atomic mass is 10.3. The molecule has 0 aliphatic rings. The van der Waals surface area contributed by atoms with Gasteiger partial charge in [-0.3, -0.25) is 4.79 Å². The first-order chi connectivity index (χ1) is 8.15. The van der Waals surface area contributed by atoms with Gasteiger partial charge in [-0.05, 0) is 34.1 Å². The van der Waals surface area contributed by atoms with Crippen molar-refractivity contribution in [3.05, 3.63) is 40.9 Å². The van der Waals surface area contributed by atoms with Gasteiger partial charge in [0.05, 0.1) is 11.9 Å². The lowest BCUT2D eigenvalue weighted by molar-refractivity contribution is -0.116. The number of amides is 1. The SMILES string of the molecule is O=C(Cn1ccnn1)Nc1ccc(F)cc1Br. The Hall–Kier alpha value is -1.76. The first kappa shape index (κ1) is 11.7. The van der Waals surface area contributed by atoms with Crippen LogP contribution in [0.25, 0.3) is 0 Å². The van der Waals surface area contributed by atoms with E-state index in [-0.39, 0.29) is 18.3 Å². The molecule has 0 radical (unpaired) electrons. The lowest BCUT2D eigenvalue weighted by Gasteiger charge is -2.07. The summed E-state index contributed by atoms with van der Waals surface area (Å²) in [6, 6.07) is 4.04. The molecule has 5 nitrogen and oxygen atoms in total. The Kier molecular flexibility index (Phi) is 3.48. The normalized spacial score (nSPS) is 10.2. The molecule has 0 aliphatic heterocycles. The molecule has 0 saturated heterocycles. The van der Waals surface area contributed by atoms with Crippen LogP contribution < -0.4 is 5.32 Å². The van der Waals surface area contributed by atoms with Crippen molar-refractivity contribution < 1.29 is 9.18 Å². The summed E-state index contributed by atoms with van der Waals surface area (Å²) in [6.45, 7) is 0.0593. The average Bonchev–Trinajstić information content (AvgIpc) is 2.75. The number of anilines is 1. The minimum atomic E-state index is -0.369. The van der Waals surface area contributed by atoms with Crippen LogP contribution >= 0.6 is 15.9 Å². The lowest BCUT2D eigenvalue weighted by Crippen LogP contribution is -2.19. The summed E-state index contributed by atoms with van der Waals surface area (Å²) in [6.07, 6.45) is 3.07. The van der Waals surface area contributed by atoms with Crippen molar-refractivity contribution in [1.82, 2.24) is 15.0 Å². The van der Waals surface area contributed by atoms with E-state index in [9.17, 15) is 9.18 Å². The average molecular weight is 299 g/mol. The summed E-state index contributed by atoms with van der Waals surface area (Å²) < 4.78 is 14.7. The molecule has 1 N–H and O–H groups in total. The minimum Gasteiger partial charge on any atom is -0.323 e. The molecular formula is C10H8BrFN4O. The van der Waals surface area contributed by atoms with Crippen molar-refractivity contribution >= 4 is 27.5 Å². The zero-order valence-electron chi connectivity index (χ0n) is 8.60. The number of carbonyl (C=O) groups is 1. The summed E-state index contributed by atoms with van der Waals surface area (Å²) in [5.41, 5.74) is 0.511. The smallest absolute Gasteiger partial charge is 0.246 e. The molecule has 2 rings (SSSR count). The van der Waals surface area contributed by atoms with Crippen molar-refractivity contribution in [1.29, 1.82) is 0 Å². The summed E-state index contributed by atoms with van der Waals surface area (Å²) >= 11 is 3.16. The fourth-order valence-corrected chi connectivity index (χ4v) is 1.69. The number of nitrogens with one attached hydrogen (secondary N) is 1. The third-order valence-electron chi connectivity index (χ3n) is 1.98. The number of nitrogens with zero attached hydrogens (tertiary/aromatic N) is 3. The number of aromatic nitrogens is 3. The van der Waals surface area contributed by atoms with E-state index >= 15 is 0 Å². The molecule has 2 aromatic rings. The molecule has 0 bridgehead atoms. The first-order valence-electron chi connectivity index (χ1n) is 4.74. The second kappa shape index (κ2) is 5.05. The van der Waals surface area contributed by atoms with Gasteiger partial charge in [0.1, 0.15) is 12.4 Å². The number of hydrogen-bond donors (Lipinski definition) is 1. The highest BCUT2D eigenvalue weighted by molar-refractivity contribution is 9.10. The second-order valence-electron chi connectivity index (χ2n) is 3.27. The zero-order valence-corrected chi connectivity index (χ0v) is 10.2. The van der Waals surface area contributed by atoms with Gasteiger partial charge >= 0.3 is 0 Å². The molecule has 1 amide bonds. The highest BCUT2D eigenvalue weighted by atomic mass is 79.9. The van der Waals surface area contributed by atoms with Crippen LogP contribution in [-0.4, -0.2) is 20.9 Å². The first-order valence-corrected chi connectivity index (χ1v) is 5.53. The van der Waals surface area contributed by atoms with E-state index in [1.165, 1.54) is 29.1 Å². The molecule has 1 heterocycles. The summed E-state index contributed by atoms with van der Waals surface area (Å²) in [7, 11) is 0. The van der Waals surface area contributed by atoms with Gasteiger partial charge in [-0.15, -0.1) is 5.10 Å². The Morgan fingerprint density at radius 3 is 3.00 bits per heavy atom. The van der Waals surface area contributed by atoms with Crippen LogP contribution in [0, 0.1) is 5.82 Å². The van der Waals surface area contributed by atoms with Gasteiger partial charge in [-0.25, -0.2) is 9.07 Å². The molecule has 1 aromatic heterocycles. The number of rotatable bonds is 3. The number of carbonyl (C=O) groups excluding carboxylic acids is 1. The maximum Gasteiger partial charge on any atom is 0.246 e.